The Balaban J connectivity index is 2.12. The number of furan rings is 1. The van der Waals surface area contributed by atoms with Crippen molar-refractivity contribution in [1.82, 2.24) is 4.90 Å². The minimum atomic E-state index is 0.241. The van der Waals surface area contributed by atoms with E-state index in [0.29, 0.717) is 12.0 Å². The predicted octanol–water partition coefficient (Wildman–Crippen LogP) is 2.96. The van der Waals surface area contributed by atoms with Crippen LogP contribution in [-0.2, 0) is 6.42 Å². The van der Waals surface area contributed by atoms with E-state index in [1.807, 2.05) is 0 Å². The predicted molar refractivity (Wildman–Crippen MR) is 74.5 cm³/mol. The normalized spacial score (nSPS) is 22.0. The molecule has 0 radical (unpaired) electrons. The fourth-order valence-corrected chi connectivity index (χ4v) is 2.94. The van der Waals surface area contributed by atoms with Crippen LogP contribution in [-0.4, -0.2) is 24.5 Å². The van der Waals surface area contributed by atoms with Gasteiger partial charge in [0, 0.05) is 19.5 Å². The lowest BCUT2D eigenvalue weighted by molar-refractivity contribution is 0.0713. The summed E-state index contributed by atoms with van der Waals surface area (Å²) in [5.74, 6) is 2.09. The van der Waals surface area contributed by atoms with Gasteiger partial charge in [0.1, 0.15) is 11.5 Å². The molecule has 1 atom stereocenters. The average Bonchev–Trinajstić information content (AvgIpc) is 2.77. The zero-order valence-electron chi connectivity index (χ0n) is 11.9. The maximum Gasteiger partial charge on any atom is 0.122 e. The summed E-state index contributed by atoms with van der Waals surface area (Å²) < 4.78 is 5.89. The van der Waals surface area contributed by atoms with E-state index < -0.39 is 0 Å². The molecule has 0 amide bonds. The van der Waals surface area contributed by atoms with Gasteiger partial charge in [-0.2, -0.15) is 0 Å². The Kier molecular flexibility index (Phi) is 4.13. The molecule has 0 bridgehead atoms. The molecule has 0 aliphatic carbocycles. The minimum absolute atomic E-state index is 0.241. The quantitative estimate of drug-likeness (QED) is 0.893. The second-order valence-corrected chi connectivity index (χ2v) is 6.15. The third-order valence-electron chi connectivity index (χ3n) is 3.95. The number of nitrogens with zero attached hydrogens (tertiary/aromatic N) is 1. The molecule has 1 aromatic heterocycles. The van der Waals surface area contributed by atoms with Gasteiger partial charge in [-0.3, -0.25) is 4.90 Å². The Morgan fingerprint density at radius 2 is 2.22 bits per heavy atom. The van der Waals surface area contributed by atoms with Gasteiger partial charge in [0.2, 0.25) is 0 Å². The summed E-state index contributed by atoms with van der Waals surface area (Å²) >= 11 is 0. The van der Waals surface area contributed by atoms with E-state index in [9.17, 15) is 0 Å². The SMILES string of the molecule is CCc1ccc(C(CN)N2CCCC(C)(C)C2)o1. The van der Waals surface area contributed by atoms with Crippen LogP contribution < -0.4 is 5.73 Å². The smallest absolute Gasteiger partial charge is 0.122 e. The molecule has 2 rings (SSSR count). The first-order valence-corrected chi connectivity index (χ1v) is 7.08. The van der Waals surface area contributed by atoms with Gasteiger partial charge in [0.05, 0.1) is 6.04 Å². The molecule has 3 heteroatoms. The molecule has 102 valence electrons. The molecule has 18 heavy (non-hydrogen) atoms. The van der Waals surface area contributed by atoms with Crippen LogP contribution in [0.3, 0.4) is 0 Å². The van der Waals surface area contributed by atoms with Crippen molar-refractivity contribution < 1.29 is 4.42 Å². The summed E-state index contributed by atoms with van der Waals surface area (Å²) in [5, 5.41) is 0. The molecule has 1 aromatic rings. The van der Waals surface area contributed by atoms with E-state index in [0.717, 1.165) is 31.0 Å². The largest absolute Gasteiger partial charge is 0.464 e. The van der Waals surface area contributed by atoms with E-state index in [1.165, 1.54) is 12.8 Å². The van der Waals surface area contributed by atoms with E-state index in [1.54, 1.807) is 0 Å². The molecule has 3 nitrogen and oxygen atoms in total. The fraction of sp³-hybridized carbons (Fsp3) is 0.733. The van der Waals surface area contributed by atoms with E-state index in [2.05, 4.69) is 37.8 Å². The van der Waals surface area contributed by atoms with Gasteiger partial charge >= 0.3 is 0 Å². The van der Waals surface area contributed by atoms with Gasteiger partial charge in [-0.1, -0.05) is 20.8 Å². The van der Waals surface area contributed by atoms with Gasteiger partial charge in [-0.15, -0.1) is 0 Å². The average molecular weight is 250 g/mol. The molecule has 0 spiro atoms. The molecule has 0 aromatic carbocycles. The lowest BCUT2D eigenvalue weighted by Crippen LogP contribution is -2.44. The van der Waals surface area contributed by atoms with Crippen LogP contribution in [0.25, 0.3) is 0 Å². The van der Waals surface area contributed by atoms with E-state index >= 15 is 0 Å². The highest BCUT2D eigenvalue weighted by molar-refractivity contribution is 5.12. The first-order valence-electron chi connectivity index (χ1n) is 7.08. The number of hydrogen-bond acceptors (Lipinski definition) is 3. The van der Waals surface area contributed by atoms with Crippen LogP contribution in [0.4, 0.5) is 0 Å². The lowest BCUT2D eigenvalue weighted by atomic mass is 9.83. The molecule has 0 saturated carbocycles. The summed E-state index contributed by atoms with van der Waals surface area (Å²) in [7, 11) is 0. The molecule has 1 unspecified atom stereocenters. The Morgan fingerprint density at radius 3 is 2.78 bits per heavy atom. The summed E-state index contributed by atoms with van der Waals surface area (Å²) in [6.45, 7) is 9.67. The monoisotopic (exact) mass is 250 g/mol. The van der Waals surface area contributed by atoms with Gasteiger partial charge in [-0.05, 0) is 36.9 Å². The van der Waals surface area contributed by atoms with Crippen molar-refractivity contribution in [2.75, 3.05) is 19.6 Å². The highest BCUT2D eigenvalue weighted by Crippen LogP contribution is 2.33. The van der Waals surface area contributed by atoms with Crippen molar-refractivity contribution >= 4 is 0 Å². The highest BCUT2D eigenvalue weighted by atomic mass is 16.3. The summed E-state index contributed by atoms with van der Waals surface area (Å²) in [4.78, 5) is 2.49. The van der Waals surface area contributed by atoms with Crippen molar-refractivity contribution in [1.29, 1.82) is 0 Å². The van der Waals surface area contributed by atoms with Crippen LogP contribution >= 0.6 is 0 Å². The van der Waals surface area contributed by atoms with Gasteiger partial charge in [0.15, 0.2) is 0 Å². The molecular weight excluding hydrogens is 224 g/mol. The Bertz CT molecular complexity index is 384. The highest BCUT2D eigenvalue weighted by Gasteiger charge is 2.31. The number of nitrogens with two attached hydrogens (primary N) is 1. The number of aryl methyl sites for hydroxylation is 1. The second-order valence-electron chi connectivity index (χ2n) is 6.15. The fourth-order valence-electron chi connectivity index (χ4n) is 2.94. The topological polar surface area (TPSA) is 42.4 Å². The van der Waals surface area contributed by atoms with Gasteiger partial charge < -0.3 is 10.2 Å². The van der Waals surface area contributed by atoms with Crippen LogP contribution in [0.2, 0.25) is 0 Å². The summed E-state index contributed by atoms with van der Waals surface area (Å²) in [5.41, 5.74) is 6.37. The summed E-state index contributed by atoms with van der Waals surface area (Å²) in [6.07, 6.45) is 3.51. The van der Waals surface area contributed by atoms with Gasteiger partial charge in [-0.25, -0.2) is 0 Å². The Hall–Kier alpha value is -0.800. The van der Waals surface area contributed by atoms with E-state index in [4.69, 9.17) is 10.2 Å². The molecule has 2 N–H and O–H groups in total. The number of likely N-dealkylation sites (tertiary alicyclic amines) is 1. The lowest BCUT2D eigenvalue weighted by Gasteiger charge is -2.41. The third-order valence-corrected chi connectivity index (χ3v) is 3.95. The number of hydrogen-bond donors (Lipinski definition) is 1. The molecule has 1 aliphatic heterocycles. The first-order chi connectivity index (χ1) is 8.55. The second kappa shape index (κ2) is 5.45. The van der Waals surface area contributed by atoms with E-state index in [-0.39, 0.29) is 6.04 Å². The van der Waals surface area contributed by atoms with Crippen LogP contribution in [0.1, 0.15) is 51.2 Å². The Morgan fingerprint density at radius 1 is 1.44 bits per heavy atom. The zero-order valence-corrected chi connectivity index (χ0v) is 11.9. The standard InChI is InChI=1S/C15H26N2O/c1-4-12-6-7-14(18-12)13(10-16)17-9-5-8-15(2,3)11-17/h6-7,13H,4-5,8-11,16H2,1-3H3. The Labute approximate surface area is 110 Å². The number of rotatable bonds is 4. The molecular formula is C15H26N2O. The molecule has 1 fully saturated rings. The third kappa shape index (κ3) is 2.96. The van der Waals surface area contributed by atoms with Crippen LogP contribution in [0.5, 0.6) is 0 Å². The zero-order chi connectivity index (χ0) is 13.2. The minimum Gasteiger partial charge on any atom is -0.464 e. The number of piperidine rings is 1. The first kappa shape index (κ1) is 13.6. The van der Waals surface area contributed by atoms with Crippen molar-refractivity contribution in [2.24, 2.45) is 11.1 Å². The van der Waals surface area contributed by atoms with Crippen molar-refractivity contribution in [2.45, 2.75) is 46.1 Å². The van der Waals surface area contributed by atoms with Crippen molar-refractivity contribution in [3.63, 3.8) is 0 Å². The molecule has 1 aliphatic rings. The summed E-state index contributed by atoms with van der Waals surface area (Å²) in [6, 6.07) is 4.41. The van der Waals surface area contributed by atoms with Crippen LogP contribution in [0, 0.1) is 5.41 Å². The molecule has 1 saturated heterocycles. The van der Waals surface area contributed by atoms with Crippen molar-refractivity contribution in [3.8, 4) is 0 Å². The van der Waals surface area contributed by atoms with Crippen LogP contribution in [0.15, 0.2) is 16.5 Å². The maximum atomic E-state index is 5.97. The van der Waals surface area contributed by atoms with Gasteiger partial charge in [0.25, 0.3) is 0 Å². The maximum absolute atomic E-state index is 5.97. The van der Waals surface area contributed by atoms with Crippen molar-refractivity contribution in [3.05, 3.63) is 23.7 Å². The molecule has 2 heterocycles.